The summed E-state index contributed by atoms with van der Waals surface area (Å²) in [5.74, 6) is 1.26. The summed E-state index contributed by atoms with van der Waals surface area (Å²) < 4.78 is 2.33. The van der Waals surface area contributed by atoms with E-state index in [1.165, 1.54) is 12.8 Å². The van der Waals surface area contributed by atoms with Gasteiger partial charge < -0.3 is 9.67 Å². The Morgan fingerprint density at radius 3 is 2.80 bits per heavy atom. The number of nitrogens with zero attached hydrogens (tertiary/aromatic N) is 2. The lowest BCUT2D eigenvalue weighted by Crippen LogP contribution is -2.04. The Morgan fingerprint density at radius 1 is 1.50 bits per heavy atom. The molecule has 1 fully saturated rings. The summed E-state index contributed by atoms with van der Waals surface area (Å²) in [6.07, 6.45) is 2.40. The molecule has 1 aliphatic rings. The summed E-state index contributed by atoms with van der Waals surface area (Å²) in [6, 6.07) is 5.81. The van der Waals surface area contributed by atoms with Crippen LogP contribution in [0.1, 0.15) is 61.8 Å². The highest BCUT2D eigenvalue weighted by molar-refractivity contribution is 5.92. The zero-order chi connectivity index (χ0) is 14.4. The van der Waals surface area contributed by atoms with Gasteiger partial charge in [0.2, 0.25) is 0 Å². The Morgan fingerprint density at radius 2 is 2.25 bits per heavy atom. The molecule has 1 saturated carbocycles. The maximum Gasteiger partial charge on any atom is 0.335 e. The first-order valence-corrected chi connectivity index (χ1v) is 7.28. The lowest BCUT2D eigenvalue weighted by Gasteiger charge is -2.11. The smallest absolute Gasteiger partial charge is 0.335 e. The van der Waals surface area contributed by atoms with Gasteiger partial charge in [0.1, 0.15) is 5.82 Å². The summed E-state index contributed by atoms with van der Waals surface area (Å²) in [7, 11) is 0. The molecule has 0 saturated heterocycles. The molecule has 2 unspecified atom stereocenters. The van der Waals surface area contributed by atoms with Crippen LogP contribution in [-0.2, 0) is 0 Å². The van der Waals surface area contributed by atoms with Crippen molar-refractivity contribution in [3.05, 3.63) is 29.6 Å². The molecular weight excluding hydrogens is 252 g/mol. The quantitative estimate of drug-likeness (QED) is 0.920. The van der Waals surface area contributed by atoms with Crippen molar-refractivity contribution in [2.45, 2.75) is 45.6 Å². The van der Waals surface area contributed by atoms with E-state index >= 15 is 0 Å². The predicted octanol–water partition coefficient (Wildman–Crippen LogP) is 3.83. The zero-order valence-electron chi connectivity index (χ0n) is 12.1. The second-order valence-corrected chi connectivity index (χ2v) is 5.97. The maximum atomic E-state index is 11.1. The van der Waals surface area contributed by atoms with E-state index < -0.39 is 5.97 Å². The summed E-state index contributed by atoms with van der Waals surface area (Å²) in [5.41, 5.74) is 2.18. The lowest BCUT2D eigenvalue weighted by atomic mass is 10.2. The van der Waals surface area contributed by atoms with E-state index in [0.29, 0.717) is 17.5 Å². The highest BCUT2D eigenvalue weighted by atomic mass is 16.4. The summed E-state index contributed by atoms with van der Waals surface area (Å²) in [5, 5.41) is 9.10. The minimum Gasteiger partial charge on any atom is -0.478 e. The van der Waals surface area contributed by atoms with Gasteiger partial charge in [0.25, 0.3) is 0 Å². The predicted molar refractivity (Wildman–Crippen MR) is 78.2 cm³/mol. The third kappa shape index (κ3) is 1.99. The Bertz CT molecular complexity index is 672. The molecule has 106 valence electrons. The minimum absolute atomic E-state index is 0.306. The molecule has 2 aromatic rings. The summed E-state index contributed by atoms with van der Waals surface area (Å²) in [6.45, 7) is 6.50. The lowest BCUT2D eigenvalue weighted by molar-refractivity contribution is 0.0697. The van der Waals surface area contributed by atoms with Crippen LogP contribution in [0.4, 0.5) is 0 Å². The normalized spacial score (nSPS) is 21.6. The van der Waals surface area contributed by atoms with Gasteiger partial charge in [-0.1, -0.05) is 27.2 Å². The van der Waals surface area contributed by atoms with Crippen molar-refractivity contribution in [3.63, 3.8) is 0 Å². The molecule has 1 N–H and O–H groups in total. The van der Waals surface area contributed by atoms with Gasteiger partial charge in [0.15, 0.2) is 0 Å². The highest BCUT2D eigenvalue weighted by Gasteiger charge is 2.39. The number of imidazole rings is 1. The Kier molecular flexibility index (Phi) is 3.04. The van der Waals surface area contributed by atoms with Crippen LogP contribution in [0.25, 0.3) is 11.0 Å². The molecule has 1 aromatic heterocycles. The number of fused-ring (bicyclic) bond motifs is 1. The van der Waals surface area contributed by atoms with Crippen LogP contribution in [0, 0.1) is 5.92 Å². The second kappa shape index (κ2) is 4.62. The van der Waals surface area contributed by atoms with Crippen LogP contribution in [0.5, 0.6) is 0 Å². The van der Waals surface area contributed by atoms with Gasteiger partial charge in [-0.3, -0.25) is 0 Å². The number of carbonyl (C=O) groups is 1. The first kappa shape index (κ1) is 13.2. The Labute approximate surface area is 118 Å². The van der Waals surface area contributed by atoms with Gasteiger partial charge in [-0.25, -0.2) is 9.78 Å². The molecule has 0 radical (unpaired) electrons. The van der Waals surface area contributed by atoms with E-state index in [1.807, 2.05) is 6.07 Å². The first-order chi connectivity index (χ1) is 9.52. The van der Waals surface area contributed by atoms with Crippen molar-refractivity contribution in [2.24, 2.45) is 5.92 Å². The fourth-order valence-corrected chi connectivity index (χ4v) is 2.99. The fraction of sp³-hybridized carbons (Fsp3) is 0.500. The van der Waals surface area contributed by atoms with Gasteiger partial charge in [-0.05, 0) is 30.5 Å². The van der Waals surface area contributed by atoms with E-state index in [0.717, 1.165) is 22.8 Å². The van der Waals surface area contributed by atoms with Crippen molar-refractivity contribution < 1.29 is 9.90 Å². The molecule has 1 aromatic carbocycles. The number of carboxylic acids is 1. The van der Waals surface area contributed by atoms with Crippen LogP contribution >= 0.6 is 0 Å². The number of aromatic carboxylic acids is 1. The SMILES string of the molecule is CCC1CC1n1c(C(C)C)nc2cc(C(=O)O)ccc21. The third-order valence-electron chi connectivity index (χ3n) is 4.22. The molecular formula is C16H20N2O2. The number of aromatic nitrogens is 2. The topological polar surface area (TPSA) is 55.1 Å². The molecule has 1 aliphatic carbocycles. The molecule has 4 nitrogen and oxygen atoms in total. The van der Waals surface area contributed by atoms with Crippen molar-refractivity contribution in [3.8, 4) is 0 Å². The van der Waals surface area contributed by atoms with Gasteiger partial charge in [-0.15, -0.1) is 0 Å². The number of rotatable bonds is 4. The monoisotopic (exact) mass is 272 g/mol. The van der Waals surface area contributed by atoms with Crippen molar-refractivity contribution in [1.82, 2.24) is 9.55 Å². The van der Waals surface area contributed by atoms with Crippen LogP contribution in [0.3, 0.4) is 0 Å². The van der Waals surface area contributed by atoms with Crippen LogP contribution < -0.4 is 0 Å². The van der Waals surface area contributed by atoms with E-state index in [1.54, 1.807) is 12.1 Å². The van der Waals surface area contributed by atoms with Crippen LogP contribution in [0.15, 0.2) is 18.2 Å². The molecule has 4 heteroatoms. The molecule has 3 rings (SSSR count). The summed E-state index contributed by atoms with van der Waals surface area (Å²) in [4.78, 5) is 15.8. The van der Waals surface area contributed by atoms with Crippen LogP contribution in [0.2, 0.25) is 0 Å². The number of benzene rings is 1. The zero-order valence-corrected chi connectivity index (χ0v) is 12.1. The van der Waals surface area contributed by atoms with E-state index in [9.17, 15) is 4.79 Å². The van der Waals surface area contributed by atoms with Crippen molar-refractivity contribution in [1.29, 1.82) is 0 Å². The number of hydrogen-bond donors (Lipinski definition) is 1. The number of carboxylic acid groups (broad SMARTS) is 1. The fourth-order valence-electron chi connectivity index (χ4n) is 2.99. The second-order valence-electron chi connectivity index (χ2n) is 5.97. The van der Waals surface area contributed by atoms with Gasteiger partial charge in [0.05, 0.1) is 16.6 Å². The standard InChI is InChI=1S/C16H20N2O2/c1-4-10-8-14(10)18-13-6-5-11(16(19)20)7-12(13)17-15(18)9(2)3/h5-7,9-10,14H,4,8H2,1-3H3,(H,19,20). The number of hydrogen-bond acceptors (Lipinski definition) is 2. The van der Waals surface area contributed by atoms with E-state index in [2.05, 4.69) is 30.3 Å². The van der Waals surface area contributed by atoms with Crippen molar-refractivity contribution in [2.75, 3.05) is 0 Å². The molecule has 1 heterocycles. The molecule has 0 amide bonds. The molecule has 20 heavy (non-hydrogen) atoms. The summed E-state index contributed by atoms with van der Waals surface area (Å²) >= 11 is 0. The molecule has 0 aliphatic heterocycles. The Hall–Kier alpha value is -1.84. The van der Waals surface area contributed by atoms with Crippen LogP contribution in [-0.4, -0.2) is 20.6 Å². The van der Waals surface area contributed by atoms with Gasteiger partial charge in [0, 0.05) is 12.0 Å². The third-order valence-corrected chi connectivity index (χ3v) is 4.22. The molecule has 2 atom stereocenters. The highest BCUT2D eigenvalue weighted by Crippen LogP contribution is 2.48. The average molecular weight is 272 g/mol. The molecule has 0 bridgehead atoms. The largest absolute Gasteiger partial charge is 0.478 e. The van der Waals surface area contributed by atoms with Gasteiger partial charge >= 0.3 is 5.97 Å². The van der Waals surface area contributed by atoms with Crippen molar-refractivity contribution >= 4 is 17.0 Å². The van der Waals surface area contributed by atoms with E-state index in [-0.39, 0.29) is 0 Å². The Balaban J connectivity index is 2.15. The van der Waals surface area contributed by atoms with E-state index in [4.69, 9.17) is 5.11 Å². The minimum atomic E-state index is -0.898. The first-order valence-electron chi connectivity index (χ1n) is 7.28. The maximum absolute atomic E-state index is 11.1. The van der Waals surface area contributed by atoms with Gasteiger partial charge in [-0.2, -0.15) is 0 Å². The molecule has 0 spiro atoms. The average Bonchev–Trinajstić information content (AvgIpc) is 3.09.